The van der Waals surface area contributed by atoms with Gasteiger partial charge in [0, 0.05) is 31.7 Å². The molecule has 2 aromatic heterocycles. The van der Waals surface area contributed by atoms with Gasteiger partial charge >= 0.3 is 0 Å². The molecule has 0 unspecified atom stereocenters. The number of imidazole rings is 1. The minimum atomic E-state index is -0.675. The number of fused-ring (bicyclic) bond motifs is 4. The van der Waals surface area contributed by atoms with Crippen LogP contribution in [0.4, 0.5) is 4.39 Å². The second-order valence-corrected chi connectivity index (χ2v) is 7.00. The molecule has 24 heavy (non-hydrogen) atoms. The minimum absolute atomic E-state index is 0.0946. The summed E-state index contributed by atoms with van der Waals surface area (Å²) in [6.07, 6.45) is 1.42. The molecule has 2 aliphatic heterocycles. The van der Waals surface area contributed by atoms with Crippen LogP contribution in [0.15, 0.2) is 18.3 Å². The van der Waals surface area contributed by atoms with Crippen molar-refractivity contribution in [3.05, 3.63) is 35.0 Å². The molecule has 0 N–H and O–H groups in total. The highest BCUT2D eigenvalue weighted by Crippen LogP contribution is 2.23. The first-order valence-electron chi connectivity index (χ1n) is 7.93. The van der Waals surface area contributed by atoms with Crippen molar-refractivity contribution in [1.29, 1.82) is 0 Å². The average molecular weight is 353 g/mol. The van der Waals surface area contributed by atoms with Crippen molar-refractivity contribution in [1.82, 2.24) is 19.2 Å². The highest BCUT2D eigenvalue weighted by atomic mass is 35.5. The largest absolute Gasteiger partial charge is 0.379 e. The van der Waals surface area contributed by atoms with Crippen molar-refractivity contribution in [2.75, 3.05) is 39.9 Å². The molecular weight excluding hydrogens is 335 g/mol. The molecule has 2 saturated heterocycles. The zero-order valence-corrected chi connectivity index (χ0v) is 14.0. The first-order valence-corrected chi connectivity index (χ1v) is 8.31. The lowest BCUT2D eigenvalue weighted by Crippen LogP contribution is -2.46. The maximum atomic E-state index is 14.7. The number of aromatic nitrogens is 2. The molecule has 6 nitrogen and oxygen atoms in total. The summed E-state index contributed by atoms with van der Waals surface area (Å²) < 4.78 is 21.6. The molecule has 2 fully saturated rings. The van der Waals surface area contributed by atoms with Gasteiger partial charge in [0.15, 0.2) is 5.69 Å². The van der Waals surface area contributed by atoms with E-state index < -0.39 is 5.95 Å². The van der Waals surface area contributed by atoms with Crippen molar-refractivity contribution in [2.45, 2.75) is 6.04 Å². The van der Waals surface area contributed by atoms with Crippen molar-refractivity contribution >= 4 is 23.2 Å². The first kappa shape index (κ1) is 15.8. The number of likely N-dealkylation sites (N-methyl/N-ethyl adjacent to an activating group) is 1. The van der Waals surface area contributed by atoms with E-state index in [1.807, 2.05) is 7.05 Å². The molecule has 0 aromatic carbocycles. The third kappa shape index (κ3) is 2.66. The van der Waals surface area contributed by atoms with Crippen LogP contribution in [0.25, 0.3) is 5.65 Å². The van der Waals surface area contributed by atoms with Crippen LogP contribution in [0.2, 0.25) is 5.02 Å². The van der Waals surface area contributed by atoms with Gasteiger partial charge in [-0.05, 0) is 19.2 Å². The van der Waals surface area contributed by atoms with E-state index in [2.05, 4.69) is 9.88 Å². The topological polar surface area (TPSA) is 50.1 Å². The van der Waals surface area contributed by atoms with E-state index in [1.54, 1.807) is 17.0 Å². The SMILES string of the molecule is CN1C[C@@H]2COC[C@H](C1)N(C(=O)c1nc3ccc(Cl)cn3c1F)C2. The van der Waals surface area contributed by atoms with Gasteiger partial charge in [0.2, 0.25) is 5.95 Å². The average Bonchev–Trinajstić information content (AvgIpc) is 2.68. The Morgan fingerprint density at radius 3 is 3.00 bits per heavy atom. The van der Waals surface area contributed by atoms with Crippen LogP contribution in [0.1, 0.15) is 10.5 Å². The molecule has 1 amide bonds. The highest BCUT2D eigenvalue weighted by Gasteiger charge is 2.37. The second-order valence-electron chi connectivity index (χ2n) is 6.56. The zero-order chi connectivity index (χ0) is 16.8. The maximum absolute atomic E-state index is 14.7. The summed E-state index contributed by atoms with van der Waals surface area (Å²) in [5.74, 6) is -0.838. The molecule has 0 aliphatic carbocycles. The number of halogens is 2. The van der Waals surface area contributed by atoms with Gasteiger partial charge in [0.25, 0.3) is 5.91 Å². The summed E-state index contributed by atoms with van der Waals surface area (Å²) in [5, 5.41) is 0.387. The van der Waals surface area contributed by atoms with Crippen LogP contribution in [0.5, 0.6) is 0 Å². The predicted molar refractivity (Wildman–Crippen MR) is 86.8 cm³/mol. The number of nitrogens with zero attached hydrogens (tertiary/aromatic N) is 4. The number of hydrogen-bond donors (Lipinski definition) is 0. The highest BCUT2D eigenvalue weighted by molar-refractivity contribution is 6.30. The van der Waals surface area contributed by atoms with Gasteiger partial charge < -0.3 is 14.5 Å². The van der Waals surface area contributed by atoms with E-state index in [1.165, 1.54) is 10.6 Å². The molecule has 4 rings (SSSR count). The van der Waals surface area contributed by atoms with E-state index in [-0.39, 0.29) is 23.6 Å². The number of hydrogen-bond acceptors (Lipinski definition) is 4. The van der Waals surface area contributed by atoms with E-state index in [4.69, 9.17) is 16.3 Å². The number of pyridine rings is 1. The van der Waals surface area contributed by atoms with Crippen LogP contribution < -0.4 is 0 Å². The third-order valence-corrected chi connectivity index (χ3v) is 4.86. The van der Waals surface area contributed by atoms with Crippen LogP contribution in [-0.2, 0) is 4.74 Å². The van der Waals surface area contributed by atoms with Gasteiger partial charge in [-0.15, -0.1) is 0 Å². The quantitative estimate of drug-likeness (QED) is 0.781. The number of carbonyl (C=O) groups is 1. The summed E-state index contributed by atoms with van der Waals surface area (Å²) in [6, 6.07) is 3.13. The molecule has 0 saturated carbocycles. The Balaban J connectivity index is 1.71. The fourth-order valence-electron chi connectivity index (χ4n) is 3.59. The Hall–Kier alpha value is -1.70. The molecule has 2 aliphatic rings. The molecular formula is C16H18ClFN4O2. The molecule has 4 heterocycles. The van der Waals surface area contributed by atoms with Crippen LogP contribution in [0, 0.1) is 11.9 Å². The Kier molecular flexibility index (Phi) is 3.94. The number of ether oxygens (including phenoxy) is 1. The van der Waals surface area contributed by atoms with Crippen LogP contribution in [0.3, 0.4) is 0 Å². The van der Waals surface area contributed by atoms with Crippen molar-refractivity contribution in [3.8, 4) is 0 Å². The molecule has 0 spiro atoms. The molecule has 2 bridgehead atoms. The van der Waals surface area contributed by atoms with Gasteiger partial charge in [-0.3, -0.25) is 9.20 Å². The third-order valence-electron chi connectivity index (χ3n) is 4.64. The first-order chi connectivity index (χ1) is 11.5. The van der Waals surface area contributed by atoms with Crippen LogP contribution in [-0.4, -0.2) is 71.0 Å². The van der Waals surface area contributed by atoms with Crippen molar-refractivity contribution in [2.24, 2.45) is 5.92 Å². The second kappa shape index (κ2) is 5.98. The van der Waals surface area contributed by atoms with Crippen LogP contribution >= 0.6 is 11.6 Å². The van der Waals surface area contributed by atoms with E-state index in [9.17, 15) is 9.18 Å². The number of amides is 1. The Morgan fingerprint density at radius 2 is 2.17 bits per heavy atom. The maximum Gasteiger partial charge on any atom is 0.277 e. The summed E-state index contributed by atoms with van der Waals surface area (Å²) in [5.41, 5.74) is 0.207. The Labute approximate surface area is 143 Å². The van der Waals surface area contributed by atoms with E-state index in [0.717, 1.165) is 6.54 Å². The lowest BCUT2D eigenvalue weighted by molar-refractivity contribution is 0.0478. The summed E-state index contributed by atoms with van der Waals surface area (Å²) in [6.45, 7) is 3.22. The van der Waals surface area contributed by atoms with Gasteiger partial charge in [0.1, 0.15) is 5.65 Å². The molecule has 128 valence electrons. The van der Waals surface area contributed by atoms with Crippen molar-refractivity contribution < 1.29 is 13.9 Å². The fourth-order valence-corrected chi connectivity index (χ4v) is 3.75. The van der Waals surface area contributed by atoms with Gasteiger partial charge in [-0.25, -0.2) is 4.98 Å². The normalized spacial score (nSPS) is 25.0. The van der Waals surface area contributed by atoms with Gasteiger partial charge in [0.05, 0.1) is 24.3 Å². The smallest absolute Gasteiger partial charge is 0.277 e. The van der Waals surface area contributed by atoms with Crippen molar-refractivity contribution in [3.63, 3.8) is 0 Å². The summed E-state index contributed by atoms with van der Waals surface area (Å²) in [7, 11) is 2.03. The number of carbonyl (C=O) groups excluding carboxylic acids is 1. The molecule has 0 radical (unpaired) electrons. The standard InChI is InChI=1S/C16H18ClFN4O2/c1-20-4-10-5-21(12(7-20)9-24-8-10)16(23)14-15(18)22-6-11(17)2-3-13(22)19-14/h2-3,6,10,12H,4-5,7-9H2,1H3/t10-,12-/m0/s1. The Morgan fingerprint density at radius 1 is 1.33 bits per heavy atom. The monoisotopic (exact) mass is 352 g/mol. The number of rotatable bonds is 1. The lowest BCUT2D eigenvalue weighted by atomic mass is 10.1. The lowest BCUT2D eigenvalue weighted by Gasteiger charge is -2.29. The van der Waals surface area contributed by atoms with Gasteiger partial charge in [-0.1, -0.05) is 11.6 Å². The molecule has 8 heteroatoms. The van der Waals surface area contributed by atoms with E-state index in [0.29, 0.717) is 37.0 Å². The molecule has 2 aromatic rings. The Bertz CT molecular complexity index is 796. The van der Waals surface area contributed by atoms with E-state index >= 15 is 0 Å². The summed E-state index contributed by atoms with van der Waals surface area (Å²) >= 11 is 5.91. The zero-order valence-electron chi connectivity index (χ0n) is 13.3. The van der Waals surface area contributed by atoms with Gasteiger partial charge in [-0.2, -0.15) is 4.39 Å². The summed E-state index contributed by atoms with van der Waals surface area (Å²) in [4.78, 5) is 21.1. The minimum Gasteiger partial charge on any atom is -0.379 e. The fraction of sp³-hybridized carbons (Fsp3) is 0.500. The predicted octanol–water partition coefficient (Wildman–Crippen LogP) is 1.53. The molecule has 2 atom stereocenters.